The lowest BCUT2D eigenvalue weighted by atomic mass is 10.1. The Labute approximate surface area is 124 Å². The Morgan fingerprint density at radius 2 is 1.86 bits per heavy atom. The van der Waals surface area contributed by atoms with E-state index in [1.54, 1.807) is 0 Å². The maximum Gasteiger partial charge on any atom is 0.120 e. The molecule has 3 nitrogen and oxygen atoms in total. The van der Waals surface area contributed by atoms with Crippen molar-refractivity contribution in [1.29, 1.82) is 0 Å². The summed E-state index contributed by atoms with van der Waals surface area (Å²) in [5.41, 5.74) is 9.87. The van der Waals surface area contributed by atoms with Gasteiger partial charge in [0.25, 0.3) is 0 Å². The first-order valence-corrected chi connectivity index (χ1v) is 7.03. The van der Waals surface area contributed by atoms with Crippen molar-refractivity contribution in [3.63, 3.8) is 0 Å². The second kappa shape index (κ2) is 5.94. The Hall–Kier alpha value is -2.39. The number of benzene rings is 2. The molecule has 0 aliphatic rings. The van der Waals surface area contributed by atoms with E-state index < -0.39 is 0 Å². The number of hydrogen-bond donors (Lipinski definition) is 1. The molecule has 0 saturated carbocycles. The number of pyridine rings is 1. The van der Waals surface area contributed by atoms with E-state index in [1.165, 1.54) is 0 Å². The molecule has 1 heterocycles. The van der Waals surface area contributed by atoms with Crippen LogP contribution in [0.15, 0.2) is 54.6 Å². The number of nitrogens with zero attached hydrogens (tertiary/aromatic N) is 1. The van der Waals surface area contributed by atoms with E-state index in [-0.39, 0.29) is 0 Å². The van der Waals surface area contributed by atoms with Gasteiger partial charge < -0.3 is 10.5 Å². The molecule has 21 heavy (non-hydrogen) atoms. The summed E-state index contributed by atoms with van der Waals surface area (Å²) >= 11 is 0. The van der Waals surface area contributed by atoms with Gasteiger partial charge in [0.15, 0.2) is 0 Å². The lowest BCUT2D eigenvalue weighted by Gasteiger charge is -2.09. The van der Waals surface area contributed by atoms with Crippen molar-refractivity contribution < 1.29 is 4.74 Å². The largest absolute Gasteiger partial charge is 0.489 e. The van der Waals surface area contributed by atoms with Crippen molar-refractivity contribution in [2.24, 2.45) is 5.73 Å². The molecular formula is C18H18N2O. The van der Waals surface area contributed by atoms with Crippen molar-refractivity contribution in [3.05, 3.63) is 71.4 Å². The standard InChI is InChI=1S/C18H18N2O/c1-13-9-15-10-16(7-8-17(15)20-18(13)11-19)21-12-14-5-3-2-4-6-14/h2-10H,11-12,19H2,1H3. The zero-order chi connectivity index (χ0) is 14.7. The molecule has 1 aromatic heterocycles. The molecule has 0 bridgehead atoms. The van der Waals surface area contributed by atoms with Crippen LogP contribution in [0.3, 0.4) is 0 Å². The van der Waals surface area contributed by atoms with E-state index in [1.807, 2.05) is 43.3 Å². The van der Waals surface area contributed by atoms with Crippen LogP contribution in [0.25, 0.3) is 10.9 Å². The molecule has 0 atom stereocenters. The second-order valence-corrected chi connectivity index (χ2v) is 5.08. The first kappa shape index (κ1) is 13.6. The number of rotatable bonds is 4. The molecule has 0 fully saturated rings. The molecule has 3 rings (SSSR count). The number of ether oxygens (including phenoxy) is 1. The van der Waals surface area contributed by atoms with Crippen molar-refractivity contribution in [2.45, 2.75) is 20.1 Å². The summed E-state index contributed by atoms with van der Waals surface area (Å²) in [5, 5.41) is 1.08. The maximum absolute atomic E-state index is 5.84. The summed E-state index contributed by atoms with van der Waals surface area (Å²) in [7, 11) is 0. The number of nitrogens with two attached hydrogens (primary N) is 1. The quantitative estimate of drug-likeness (QED) is 0.793. The molecule has 0 saturated heterocycles. The third-order valence-corrected chi connectivity index (χ3v) is 3.52. The van der Waals surface area contributed by atoms with Crippen molar-refractivity contribution >= 4 is 10.9 Å². The predicted molar refractivity (Wildman–Crippen MR) is 85.1 cm³/mol. The number of hydrogen-bond acceptors (Lipinski definition) is 3. The highest BCUT2D eigenvalue weighted by atomic mass is 16.5. The summed E-state index contributed by atoms with van der Waals surface area (Å²) in [6, 6.07) is 18.2. The van der Waals surface area contributed by atoms with Crippen molar-refractivity contribution in [3.8, 4) is 5.75 Å². The van der Waals surface area contributed by atoms with Gasteiger partial charge in [-0.2, -0.15) is 0 Å². The van der Waals surface area contributed by atoms with E-state index >= 15 is 0 Å². The Kier molecular flexibility index (Phi) is 3.84. The van der Waals surface area contributed by atoms with Crippen LogP contribution in [0, 0.1) is 6.92 Å². The van der Waals surface area contributed by atoms with Crippen LogP contribution in [0.2, 0.25) is 0 Å². The van der Waals surface area contributed by atoms with Crippen molar-refractivity contribution in [2.75, 3.05) is 0 Å². The van der Waals surface area contributed by atoms with Crippen LogP contribution in [0.4, 0.5) is 0 Å². The van der Waals surface area contributed by atoms with E-state index in [0.717, 1.165) is 33.5 Å². The number of aromatic nitrogens is 1. The minimum atomic E-state index is 0.466. The van der Waals surface area contributed by atoms with Crippen LogP contribution >= 0.6 is 0 Å². The minimum Gasteiger partial charge on any atom is -0.489 e. The van der Waals surface area contributed by atoms with Crippen LogP contribution in [0.5, 0.6) is 5.75 Å². The summed E-state index contributed by atoms with van der Waals surface area (Å²) in [4.78, 5) is 4.57. The minimum absolute atomic E-state index is 0.466. The molecule has 0 radical (unpaired) electrons. The van der Waals surface area contributed by atoms with Gasteiger partial charge in [-0.3, -0.25) is 4.98 Å². The predicted octanol–water partition coefficient (Wildman–Crippen LogP) is 3.58. The third kappa shape index (κ3) is 3.03. The van der Waals surface area contributed by atoms with Gasteiger partial charge in [-0.1, -0.05) is 30.3 Å². The molecule has 0 aliphatic heterocycles. The Bertz CT molecular complexity index is 754. The Balaban J connectivity index is 1.84. The van der Waals surface area contributed by atoms with Gasteiger partial charge in [0.1, 0.15) is 12.4 Å². The summed E-state index contributed by atoms with van der Waals surface area (Å²) in [5.74, 6) is 0.855. The van der Waals surface area contributed by atoms with Gasteiger partial charge in [-0.15, -0.1) is 0 Å². The molecule has 106 valence electrons. The van der Waals surface area contributed by atoms with E-state index in [4.69, 9.17) is 10.5 Å². The zero-order valence-electron chi connectivity index (χ0n) is 12.0. The molecule has 3 aromatic rings. The molecule has 0 aliphatic carbocycles. The van der Waals surface area contributed by atoms with Crippen LogP contribution in [-0.4, -0.2) is 4.98 Å². The summed E-state index contributed by atoms with van der Waals surface area (Å²) < 4.78 is 5.84. The average molecular weight is 278 g/mol. The lowest BCUT2D eigenvalue weighted by molar-refractivity contribution is 0.306. The summed E-state index contributed by atoms with van der Waals surface area (Å²) in [6.45, 7) is 3.07. The van der Waals surface area contributed by atoms with Crippen LogP contribution in [0.1, 0.15) is 16.8 Å². The molecule has 0 unspecified atom stereocenters. The van der Waals surface area contributed by atoms with Crippen LogP contribution < -0.4 is 10.5 Å². The molecule has 0 spiro atoms. The second-order valence-electron chi connectivity index (χ2n) is 5.08. The van der Waals surface area contributed by atoms with Crippen molar-refractivity contribution in [1.82, 2.24) is 4.98 Å². The fraction of sp³-hybridized carbons (Fsp3) is 0.167. The van der Waals surface area contributed by atoms with Crippen LogP contribution in [-0.2, 0) is 13.2 Å². The fourth-order valence-electron chi connectivity index (χ4n) is 2.34. The lowest BCUT2D eigenvalue weighted by Crippen LogP contribution is -2.02. The maximum atomic E-state index is 5.84. The zero-order valence-corrected chi connectivity index (χ0v) is 12.0. The highest BCUT2D eigenvalue weighted by molar-refractivity contribution is 5.81. The van der Waals surface area contributed by atoms with E-state index in [9.17, 15) is 0 Å². The van der Waals surface area contributed by atoms with Gasteiger partial charge in [-0.25, -0.2) is 0 Å². The average Bonchev–Trinajstić information content (AvgIpc) is 2.53. The number of aryl methyl sites for hydroxylation is 1. The van der Waals surface area contributed by atoms with E-state index in [0.29, 0.717) is 13.2 Å². The summed E-state index contributed by atoms with van der Waals surface area (Å²) in [6.07, 6.45) is 0. The Morgan fingerprint density at radius 1 is 1.05 bits per heavy atom. The Morgan fingerprint density at radius 3 is 2.62 bits per heavy atom. The molecule has 2 N–H and O–H groups in total. The first-order valence-electron chi connectivity index (χ1n) is 7.03. The fourth-order valence-corrected chi connectivity index (χ4v) is 2.34. The third-order valence-electron chi connectivity index (χ3n) is 3.52. The highest BCUT2D eigenvalue weighted by Gasteiger charge is 2.04. The SMILES string of the molecule is Cc1cc2cc(OCc3ccccc3)ccc2nc1CN. The topological polar surface area (TPSA) is 48.1 Å². The molecule has 3 heteroatoms. The van der Waals surface area contributed by atoms with Gasteiger partial charge in [0.2, 0.25) is 0 Å². The molecule has 0 amide bonds. The highest BCUT2D eigenvalue weighted by Crippen LogP contribution is 2.22. The van der Waals surface area contributed by atoms with E-state index in [2.05, 4.69) is 23.2 Å². The molecular weight excluding hydrogens is 260 g/mol. The van der Waals surface area contributed by atoms with Gasteiger partial charge in [-0.05, 0) is 42.3 Å². The van der Waals surface area contributed by atoms with Gasteiger partial charge in [0, 0.05) is 11.9 Å². The first-order chi connectivity index (χ1) is 10.3. The monoisotopic (exact) mass is 278 g/mol. The number of fused-ring (bicyclic) bond motifs is 1. The normalized spacial score (nSPS) is 10.8. The van der Waals surface area contributed by atoms with Gasteiger partial charge >= 0.3 is 0 Å². The van der Waals surface area contributed by atoms with Gasteiger partial charge in [0.05, 0.1) is 11.2 Å². The smallest absolute Gasteiger partial charge is 0.120 e. The molecule has 2 aromatic carbocycles.